The topological polar surface area (TPSA) is 264 Å². The number of thiazole rings is 1. The average molecular weight is 789 g/mol. The van der Waals surface area contributed by atoms with E-state index in [-0.39, 0.29) is 44.9 Å². The molecular weight excluding hydrogens is 754 g/mol. The van der Waals surface area contributed by atoms with Gasteiger partial charge in [0, 0.05) is 42.6 Å². The Balaban J connectivity index is 1.17. The van der Waals surface area contributed by atoms with E-state index in [2.05, 4.69) is 50.2 Å². The van der Waals surface area contributed by atoms with E-state index in [0.717, 1.165) is 16.9 Å². The van der Waals surface area contributed by atoms with Gasteiger partial charge in [-0.05, 0) is 26.0 Å². The molecular formula is C31H35ClN11O8S2-. The van der Waals surface area contributed by atoms with E-state index in [1.165, 1.54) is 48.0 Å². The van der Waals surface area contributed by atoms with Crippen LogP contribution in [-0.2, 0) is 19.2 Å². The van der Waals surface area contributed by atoms with Gasteiger partial charge in [0.15, 0.2) is 27.9 Å². The van der Waals surface area contributed by atoms with Crippen LogP contribution in [0.15, 0.2) is 28.2 Å². The molecule has 0 radical (unpaired) electrons. The van der Waals surface area contributed by atoms with Crippen LogP contribution in [0.4, 0.5) is 5.13 Å². The first-order chi connectivity index (χ1) is 25.0. The van der Waals surface area contributed by atoms with Crippen LogP contribution < -0.4 is 21.3 Å². The maximum Gasteiger partial charge on any atom is 0.276 e. The van der Waals surface area contributed by atoms with Gasteiger partial charge in [-0.1, -0.05) is 16.8 Å². The van der Waals surface area contributed by atoms with Gasteiger partial charge in [0.2, 0.25) is 0 Å². The fraction of sp³-hybridized carbons (Fsp3) is 0.452. The van der Waals surface area contributed by atoms with E-state index in [1.807, 2.05) is 0 Å². The maximum atomic E-state index is 13.8. The number of carboxylic acids is 1. The lowest BCUT2D eigenvalue weighted by Crippen LogP contribution is -2.70. The maximum absolute atomic E-state index is 13.8. The summed E-state index contributed by atoms with van der Waals surface area (Å²) in [7, 11) is 4.13. The van der Waals surface area contributed by atoms with Crippen LogP contribution in [0.3, 0.4) is 0 Å². The molecule has 3 aliphatic heterocycles. The quantitative estimate of drug-likeness (QED) is 0.0620. The monoisotopic (exact) mass is 788 g/mol. The summed E-state index contributed by atoms with van der Waals surface area (Å²) < 4.78 is 0.509. The lowest BCUT2D eigenvalue weighted by atomic mass is 9.98. The molecule has 22 heteroatoms. The molecule has 0 saturated carbocycles. The number of aliphatic carboxylic acids is 1. The summed E-state index contributed by atoms with van der Waals surface area (Å²) in [6.45, 7) is 3.78. The lowest BCUT2D eigenvalue weighted by molar-refractivity contribution is -0.911. The van der Waals surface area contributed by atoms with Gasteiger partial charge in [-0.15, -0.1) is 23.1 Å². The van der Waals surface area contributed by atoms with E-state index in [9.17, 15) is 34.5 Å². The molecule has 282 valence electrons. The number of carboxylic acid groups (broad SMARTS) is 1. The number of likely N-dealkylation sites (N-methyl/N-ethyl adjacent to an activating group) is 1. The third kappa shape index (κ3) is 7.33. The Morgan fingerprint density at radius 2 is 1.96 bits per heavy atom. The number of nitrogens with one attached hydrogen (secondary N) is 1. The molecule has 0 bridgehead atoms. The number of halogens is 1. The molecule has 19 nitrogen and oxygen atoms in total. The summed E-state index contributed by atoms with van der Waals surface area (Å²) in [5.74, 6) is -3.52. The number of hydrogen-bond donors (Lipinski definition) is 4. The molecule has 0 spiro atoms. The standard InChI is InChI=1S/C31H36ClN11O8S2/c1-31(2,29(49)50)51-38-20(17-13-53-30(33)34-17)25(46)35-21-27(48)42-22(24-36-39-40-37-24)14(12-52-28(21)42)11-43(3,4)15-7-9-41(10-8-15)26(47)16-5-6-18(44)23(45)19(16)32/h5-6,13,15,21,28H,7-12H2,1-4H3,(H6-,33,34,35,36,37,38,39,40,44,45,46,47,49,50)/p-1/t21-,28-/m1/s1. The summed E-state index contributed by atoms with van der Waals surface area (Å²) in [4.78, 5) is 64.4. The lowest BCUT2D eigenvalue weighted by Gasteiger charge is -2.51. The van der Waals surface area contributed by atoms with Crippen molar-refractivity contribution >= 4 is 74.9 Å². The van der Waals surface area contributed by atoms with Crippen LogP contribution >= 0.6 is 34.7 Å². The number of piperidine rings is 1. The van der Waals surface area contributed by atoms with Crippen LogP contribution in [-0.4, -0.2) is 137 Å². The molecule has 5 heterocycles. The van der Waals surface area contributed by atoms with Crippen molar-refractivity contribution in [3.05, 3.63) is 45.2 Å². The van der Waals surface area contributed by atoms with E-state index >= 15 is 0 Å². The number of amides is 3. The molecule has 3 amide bonds. The molecule has 2 atom stereocenters. The highest BCUT2D eigenvalue weighted by Crippen LogP contribution is 2.44. The zero-order chi connectivity index (χ0) is 38.4. The number of thioether (sulfide) groups is 1. The van der Waals surface area contributed by atoms with Crippen molar-refractivity contribution in [3.8, 4) is 11.5 Å². The van der Waals surface area contributed by atoms with Gasteiger partial charge in [-0.3, -0.25) is 29.6 Å². The van der Waals surface area contributed by atoms with Crippen molar-refractivity contribution in [2.75, 3.05) is 45.2 Å². The third-order valence-corrected chi connectivity index (χ3v) is 11.8. The second kappa shape index (κ2) is 14.4. The van der Waals surface area contributed by atoms with E-state index in [0.29, 0.717) is 48.4 Å². The van der Waals surface area contributed by atoms with Crippen molar-refractivity contribution in [1.29, 1.82) is 0 Å². The summed E-state index contributed by atoms with van der Waals surface area (Å²) in [5, 5.41) is 53.9. The molecule has 2 fully saturated rings. The number of fused-ring (bicyclic) bond motifs is 1. The molecule has 3 aliphatic rings. The Morgan fingerprint density at radius 1 is 1.25 bits per heavy atom. The number of rotatable bonds is 11. The Kier molecular flexibility index (Phi) is 10.3. The summed E-state index contributed by atoms with van der Waals surface area (Å²) in [6.07, 6.45) is 1.31. The minimum atomic E-state index is -1.87. The van der Waals surface area contributed by atoms with Crippen molar-refractivity contribution in [1.82, 2.24) is 40.7 Å². The minimum Gasteiger partial charge on any atom is -0.546 e. The number of hydrogen-bond acceptors (Lipinski definition) is 16. The number of tetrazole rings is 1. The zero-order valence-corrected chi connectivity index (χ0v) is 31.2. The number of carbonyl (C=O) groups excluding carboxylic acids is 4. The normalized spacial score (nSPS) is 19.9. The van der Waals surface area contributed by atoms with Gasteiger partial charge < -0.3 is 50.5 Å². The number of benzene rings is 1. The number of likely N-dealkylation sites (tertiary alicyclic amines) is 1. The van der Waals surface area contributed by atoms with Crippen LogP contribution in [0.2, 0.25) is 5.02 Å². The Morgan fingerprint density at radius 3 is 2.58 bits per heavy atom. The number of phenolic OH excluding ortho intramolecular Hbond substituents is 2. The Labute approximate surface area is 315 Å². The Bertz CT molecular complexity index is 2010. The van der Waals surface area contributed by atoms with E-state index < -0.39 is 46.3 Å². The number of β-lactam (4-membered cyclic amide) rings is 1. The number of anilines is 1. The van der Waals surface area contributed by atoms with Crippen LogP contribution in [0.25, 0.3) is 5.70 Å². The zero-order valence-electron chi connectivity index (χ0n) is 28.8. The number of oxime groups is 1. The molecule has 2 saturated heterocycles. The number of nitrogens with zero attached hydrogens (tertiary/aromatic N) is 9. The van der Waals surface area contributed by atoms with Gasteiger partial charge in [0.05, 0.1) is 48.2 Å². The third-order valence-electron chi connectivity index (χ3n) is 9.36. The van der Waals surface area contributed by atoms with Gasteiger partial charge in [-0.2, -0.15) is 5.21 Å². The van der Waals surface area contributed by atoms with E-state index in [1.54, 1.807) is 4.90 Å². The molecule has 2 aromatic heterocycles. The number of phenols is 2. The minimum absolute atomic E-state index is 0.0305. The average Bonchev–Trinajstić information content (AvgIpc) is 3.81. The number of nitrogen functional groups attached to an aromatic ring is 1. The predicted octanol–water partition coefficient (Wildman–Crippen LogP) is -0.626. The largest absolute Gasteiger partial charge is 0.546 e. The summed E-state index contributed by atoms with van der Waals surface area (Å²) in [5.41, 5.74) is 4.97. The SMILES string of the molecule is CC(C)(O/N=C(\C(=O)N[C@@H]1C(=O)N2C(c3nnn[n-]3)=C(C[N+](C)(C)C3CCN(C(=O)c4ccc(O)c(O)c4Cl)CC3)CS[C@H]12)c1csc(N)n1)C(=O)[O-]. The fourth-order valence-corrected chi connectivity index (χ4v) is 8.47. The smallest absolute Gasteiger partial charge is 0.276 e. The number of aromatic hydroxyl groups is 2. The number of nitrogens with two attached hydrogens (primary N) is 1. The highest BCUT2D eigenvalue weighted by molar-refractivity contribution is 8.00. The molecule has 0 unspecified atom stereocenters. The van der Waals surface area contributed by atoms with Gasteiger partial charge >= 0.3 is 0 Å². The molecule has 0 aliphatic carbocycles. The first-order valence-corrected chi connectivity index (χ1v) is 18.5. The Hall–Kier alpha value is -4.99. The van der Waals surface area contributed by atoms with E-state index in [4.69, 9.17) is 22.2 Å². The van der Waals surface area contributed by atoms with Gasteiger partial charge in [0.1, 0.15) is 23.7 Å². The predicted molar refractivity (Wildman–Crippen MR) is 189 cm³/mol. The highest BCUT2D eigenvalue weighted by Gasteiger charge is 2.54. The van der Waals surface area contributed by atoms with Crippen molar-refractivity contribution in [2.45, 2.75) is 49.7 Å². The van der Waals surface area contributed by atoms with Crippen LogP contribution in [0.1, 0.15) is 48.6 Å². The van der Waals surface area contributed by atoms with Crippen LogP contribution in [0.5, 0.6) is 11.5 Å². The second-order valence-electron chi connectivity index (χ2n) is 13.7. The first kappa shape index (κ1) is 37.8. The molecule has 5 N–H and O–H groups in total. The van der Waals surface area contributed by atoms with Crippen molar-refractivity contribution < 1.29 is 43.8 Å². The molecule has 53 heavy (non-hydrogen) atoms. The van der Waals surface area contributed by atoms with Gasteiger partial charge in [0.25, 0.3) is 17.7 Å². The molecule has 3 aromatic rings. The van der Waals surface area contributed by atoms with Crippen LogP contribution in [0, 0.1) is 0 Å². The fourth-order valence-electron chi connectivity index (χ4n) is 6.34. The number of aromatic nitrogens is 5. The number of carbonyl (C=O) groups is 4. The van der Waals surface area contributed by atoms with Gasteiger partial charge in [-0.25, -0.2) is 4.98 Å². The summed E-state index contributed by atoms with van der Waals surface area (Å²) in [6, 6.07) is 1.74. The molecule has 1 aromatic carbocycles. The summed E-state index contributed by atoms with van der Waals surface area (Å²) >= 11 is 8.62. The second-order valence-corrected chi connectivity index (χ2v) is 16.0. The van der Waals surface area contributed by atoms with Crippen molar-refractivity contribution in [2.24, 2.45) is 5.16 Å². The molecule has 6 rings (SSSR count). The number of quaternary nitrogens is 1. The van der Waals surface area contributed by atoms with Crippen molar-refractivity contribution in [3.63, 3.8) is 0 Å². The highest BCUT2D eigenvalue weighted by atomic mass is 35.5. The first-order valence-electron chi connectivity index (χ1n) is 16.2.